The molecule has 1 N–H and O–H groups in total. The molecule has 0 fully saturated rings. The Kier molecular flexibility index (Phi) is 4.44. The molecule has 114 valence electrons. The summed E-state index contributed by atoms with van der Waals surface area (Å²) in [6.07, 6.45) is 0.876. The molecule has 0 radical (unpaired) electrons. The number of benzene rings is 1. The van der Waals surface area contributed by atoms with Crippen LogP contribution in [0.3, 0.4) is 0 Å². The summed E-state index contributed by atoms with van der Waals surface area (Å²) in [7, 11) is 0. The number of ether oxygens (including phenoxy) is 1. The molecule has 1 aliphatic heterocycles. The molecule has 1 amide bonds. The van der Waals surface area contributed by atoms with Gasteiger partial charge < -0.3 is 10.1 Å². The SMILES string of the molecule is CCc1nc(COC(=O)c2ccc3c(c2)NC(=O)CS3)cs1. The van der Waals surface area contributed by atoms with Crippen LogP contribution in [0.15, 0.2) is 28.5 Å². The van der Waals surface area contributed by atoms with Crippen molar-refractivity contribution in [1.82, 2.24) is 4.98 Å². The Labute approximate surface area is 136 Å². The molecule has 0 aliphatic carbocycles. The minimum absolute atomic E-state index is 0.0578. The minimum atomic E-state index is -0.418. The second-order valence-corrected chi connectivity index (χ2v) is 6.67. The third kappa shape index (κ3) is 3.31. The zero-order chi connectivity index (χ0) is 15.5. The van der Waals surface area contributed by atoms with Gasteiger partial charge in [0.1, 0.15) is 6.61 Å². The third-order valence-electron chi connectivity index (χ3n) is 3.10. The molecule has 3 rings (SSSR count). The van der Waals surface area contributed by atoms with Gasteiger partial charge >= 0.3 is 5.97 Å². The van der Waals surface area contributed by atoms with Crippen molar-refractivity contribution in [1.29, 1.82) is 0 Å². The molecule has 1 aromatic carbocycles. The van der Waals surface area contributed by atoms with Crippen LogP contribution >= 0.6 is 23.1 Å². The average molecular weight is 334 g/mol. The summed E-state index contributed by atoms with van der Waals surface area (Å²) in [6, 6.07) is 5.19. The molecule has 0 spiro atoms. The highest BCUT2D eigenvalue weighted by molar-refractivity contribution is 8.00. The Hall–Kier alpha value is -1.86. The fourth-order valence-electron chi connectivity index (χ4n) is 2.01. The van der Waals surface area contributed by atoms with Gasteiger partial charge in [-0.1, -0.05) is 6.92 Å². The molecule has 1 aromatic heterocycles. The number of hydrogen-bond acceptors (Lipinski definition) is 6. The molecule has 0 saturated heterocycles. The molecule has 22 heavy (non-hydrogen) atoms. The Morgan fingerprint density at radius 2 is 2.32 bits per heavy atom. The molecule has 7 heteroatoms. The smallest absolute Gasteiger partial charge is 0.338 e. The molecule has 2 heterocycles. The first kappa shape index (κ1) is 15.1. The highest BCUT2D eigenvalue weighted by Gasteiger charge is 2.18. The highest BCUT2D eigenvalue weighted by atomic mass is 32.2. The molecule has 0 saturated carbocycles. The van der Waals surface area contributed by atoms with Crippen LogP contribution in [-0.2, 0) is 22.6 Å². The second-order valence-electron chi connectivity index (χ2n) is 4.71. The van der Waals surface area contributed by atoms with E-state index in [0.717, 1.165) is 22.0 Å². The van der Waals surface area contributed by atoms with E-state index in [1.54, 1.807) is 23.5 Å². The van der Waals surface area contributed by atoms with Gasteiger partial charge in [-0.15, -0.1) is 23.1 Å². The summed E-state index contributed by atoms with van der Waals surface area (Å²) in [6.45, 7) is 2.20. The van der Waals surface area contributed by atoms with Gasteiger partial charge in [-0.05, 0) is 24.6 Å². The normalized spacial score (nSPS) is 13.4. The van der Waals surface area contributed by atoms with Gasteiger partial charge in [0.05, 0.1) is 27.7 Å². The van der Waals surface area contributed by atoms with Crippen molar-refractivity contribution in [3.63, 3.8) is 0 Å². The van der Waals surface area contributed by atoms with Crippen LogP contribution in [0.1, 0.15) is 28.0 Å². The van der Waals surface area contributed by atoms with Crippen molar-refractivity contribution in [3.8, 4) is 0 Å². The lowest BCUT2D eigenvalue weighted by Crippen LogP contribution is -2.19. The van der Waals surface area contributed by atoms with E-state index in [0.29, 0.717) is 17.0 Å². The standard InChI is InChI=1S/C15H14N2O3S2/c1-2-14-16-10(7-22-14)6-20-15(19)9-3-4-12-11(5-9)17-13(18)8-21-12/h3-5,7H,2,6,8H2,1H3,(H,17,18). The van der Waals surface area contributed by atoms with E-state index in [2.05, 4.69) is 10.3 Å². The number of nitrogens with one attached hydrogen (secondary N) is 1. The topological polar surface area (TPSA) is 68.3 Å². The van der Waals surface area contributed by atoms with Gasteiger partial charge in [-0.2, -0.15) is 0 Å². The second kappa shape index (κ2) is 6.50. The number of esters is 1. The summed E-state index contributed by atoms with van der Waals surface area (Å²) in [5, 5.41) is 5.69. The number of anilines is 1. The fourth-order valence-corrected chi connectivity index (χ4v) is 3.53. The molecular formula is C15H14N2O3S2. The monoisotopic (exact) mass is 334 g/mol. The molecule has 0 unspecified atom stereocenters. The number of fused-ring (bicyclic) bond motifs is 1. The maximum absolute atomic E-state index is 12.1. The van der Waals surface area contributed by atoms with Crippen LogP contribution in [0.4, 0.5) is 5.69 Å². The zero-order valence-electron chi connectivity index (χ0n) is 11.9. The van der Waals surface area contributed by atoms with Gasteiger partial charge in [0, 0.05) is 10.3 Å². The number of amides is 1. The molecule has 1 aliphatic rings. The van der Waals surface area contributed by atoms with Crippen molar-refractivity contribution in [3.05, 3.63) is 39.8 Å². The Morgan fingerprint density at radius 3 is 3.09 bits per heavy atom. The lowest BCUT2D eigenvalue weighted by molar-refractivity contribution is -0.113. The number of nitrogens with zero attached hydrogens (tertiary/aromatic N) is 1. The average Bonchev–Trinajstić information content (AvgIpc) is 3.00. The van der Waals surface area contributed by atoms with E-state index < -0.39 is 5.97 Å². The van der Waals surface area contributed by atoms with Crippen molar-refractivity contribution in [2.24, 2.45) is 0 Å². The first-order chi connectivity index (χ1) is 10.7. The van der Waals surface area contributed by atoms with Gasteiger partial charge in [0.15, 0.2) is 0 Å². The van der Waals surface area contributed by atoms with Crippen molar-refractivity contribution >= 4 is 40.7 Å². The minimum Gasteiger partial charge on any atom is -0.456 e. The maximum Gasteiger partial charge on any atom is 0.338 e. The first-order valence-electron chi connectivity index (χ1n) is 6.83. The van der Waals surface area contributed by atoms with Crippen LogP contribution in [0.2, 0.25) is 0 Å². The lowest BCUT2D eigenvalue weighted by atomic mass is 10.2. The number of aryl methyl sites for hydroxylation is 1. The van der Waals surface area contributed by atoms with Crippen molar-refractivity contribution in [2.45, 2.75) is 24.8 Å². The van der Waals surface area contributed by atoms with E-state index in [9.17, 15) is 9.59 Å². The lowest BCUT2D eigenvalue weighted by Gasteiger charge is -2.16. The number of carbonyl (C=O) groups is 2. The number of thiazole rings is 1. The predicted molar refractivity (Wildman–Crippen MR) is 86.4 cm³/mol. The Balaban J connectivity index is 1.67. The quantitative estimate of drug-likeness (QED) is 0.870. The number of aromatic nitrogens is 1. The van der Waals surface area contributed by atoms with Crippen molar-refractivity contribution in [2.75, 3.05) is 11.1 Å². The highest BCUT2D eigenvalue weighted by Crippen LogP contribution is 2.32. The van der Waals surface area contributed by atoms with E-state index in [1.807, 2.05) is 18.4 Å². The van der Waals surface area contributed by atoms with Crippen LogP contribution in [-0.4, -0.2) is 22.6 Å². The number of rotatable bonds is 4. The van der Waals surface area contributed by atoms with Crippen LogP contribution in [0.5, 0.6) is 0 Å². The molecular weight excluding hydrogens is 320 g/mol. The summed E-state index contributed by atoms with van der Waals surface area (Å²) in [5.41, 5.74) is 1.85. The molecule has 0 bridgehead atoms. The molecule has 5 nitrogen and oxygen atoms in total. The van der Waals surface area contributed by atoms with Gasteiger partial charge in [0.2, 0.25) is 5.91 Å². The van der Waals surface area contributed by atoms with Gasteiger partial charge in [-0.25, -0.2) is 9.78 Å². The first-order valence-corrected chi connectivity index (χ1v) is 8.69. The molecule has 0 atom stereocenters. The van der Waals surface area contributed by atoms with E-state index in [4.69, 9.17) is 4.74 Å². The summed E-state index contributed by atoms with van der Waals surface area (Å²) in [5.74, 6) is -0.0725. The Bertz CT molecular complexity index is 727. The number of carbonyl (C=O) groups excluding carboxylic acids is 2. The number of thioether (sulfide) groups is 1. The van der Waals surface area contributed by atoms with Crippen LogP contribution in [0, 0.1) is 0 Å². The van der Waals surface area contributed by atoms with E-state index in [-0.39, 0.29) is 12.5 Å². The Morgan fingerprint density at radius 1 is 1.45 bits per heavy atom. The predicted octanol–water partition coefficient (Wildman–Crippen LogP) is 3.11. The zero-order valence-corrected chi connectivity index (χ0v) is 13.6. The summed E-state index contributed by atoms with van der Waals surface area (Å²) in [4.78, 5) is 28.8. The fraction of sp³-hybridized carbons (Fsp3) is 0.267. The van der Waals surface area contributed by atoms with Crippen molar-refractivity contribution < 1.29 is 14.3 Å². The van der Waals surface area contributed by atoms with Crippen LogP contribution < -0.4 is 5.32 Å². The third-order valence-corrected chi connectivity index (χ3v) is 5.22. The largest absolute Gasteiger partial charge is 0.456 e. The maximum atomic E-state index is 12.1. The summed E-state index contributed by atoms with van der Waals surface area (Å²) < 4.78 is 5.28. The number of hydrogen-bond donors (Lipinski definition) is 1. The van der Waals surface area contributed by atoms with E-state index >= 15 is 0 Å². The van der Waals surface area contributed by atoms with Gasteiger partial charge in [0.25, 0.3) is 0 Å². The van der Waals surface area contributed by atoms with Gasteiger partial charge in [-0.3, -0.25) is 4.79 Å². The summed E-state index contributed by atoms with van der Waals surface area (Å²) >= 11 is 3.02. The molecule has 2 aromatic rings. The van der Waals surface area contributed by atoms with Crippen LogP contribution in [0.25, 0.3) is 0 Å². The van der Waals surface area contributed by atoms with E-state index in [1.165, 1.54) is 11.8 Å².